The molecule has 0 spiro atoms. The summed E-state index contributed by atoms with van der Waals surface area (Å²) >= 11 is 3.07. The molecule has 1 aromatic heterocycles. The van der Waals surface area contributed by atoms with Gasteiger partial charge in [0.25, 0.3) is 5.91 Å². The summed E-state index contributed by atoms with van der Waals surface area (Å²) in [6.07, 6.45) is 0. The predicted molar refractivity (Wildman–Crippen MR) is 79.9 cm³/mol. The van der Waals surface area contributed by atoms with Crippen LogP contribution in [0.3, 0.4) is 0 Å². The van der Waals surface area contributed by atoms with Gasteiger partial charge in [-0.3, -0.25) is 10.1 Å². The van der Waals surface area contributed by atoms with Crippen molar-refractivity contribution in [3.8, 4) is 0 Å². The zero-order chi connectivity index (χ0) is 13.7. The minimum absolute atomic E-state index is 0.155. The Balaban J connectivity index is 1.95. The van der Waals surface area contributed by atoms with Crippen molar-refractivity contribution in [2.45, 2.75) is 18.2 Å². The summed E-state index contributed by atoms with van der Waals surface area (Å²) in [4.78, 5) is 11.9. The van der Waals surface area contributed by atoms with E-state index in [4.69, 9.17) is 0 Å². The van der Waals surface area contributed by atoms with Crippen LogP contribution in [0.25, 0.3) is 0 Å². The molecule has 1 amide bonds. The number of aromatic nitrogens is 2. The fraction of sp³-hybridized carbons (Fsp3) is 0.308. The average Bonchev–Trinajstić information content (AvgIpc) is 2.85. The van der Waals surface area contributed by atoms with Crippen LogP contribution in [0.15, 0.2) is 34.7 Å². The number of hydrogen-bond acceptors (Lipinski definition) is 5. The molecule has 100 valence electrons. The average molecular weight is 293 g/mol. The zero-order valence-electron chi connectivity index (χ0n) is 10.8. The van der Waals surface area contributed by atoms with E-state index >= 15 is 0 Å². The van der Waals surface area contributed by atoms with E-state index in [0.717, 1.165) is 10.1 Å². The largest absolute Gasteiger partial charge is 0.296 e. The second kappa shape index (κ2) is 6.68. The molecule has 1 N–H and O–H groups in total. The van der Waals surface area contributed by atoms with Crippen molar-refractivity contribution in [2.75, 3.05) is 11.1 Å². The molecule has 0 aliphatic carbocycles. The van der Waals surface area contributed by atoms with Gasteiger partial charge in [-0.1, -0.05) is 55.1 Å². The zero-order valence-corrected chi connectivity index (χ0v) is 12.4. The molecule has 6 heteroatoms. The van der Waals surface area contributed by atoms with Gasteiger partial charge in [0, 0.05) is 11.3 Å². The second-order valence-corrected chi connectivity index (χ2v) is 6.64. The highest BCUT2D eigenvalue weighted by Gasteiger charge is 2.10. The monoisotopic (exact) mass is 293 g/mol. The highest BCUT2D eigenvalue weighted by Crippen LogP contribution is 2.27. The van der Waals surface area contributed by atoms with Gasteiger partial charge in [0.1, 0.15) is 0 Å². The van der Waals surface area contributed by atoms with Gasteiger partial charge in [-0.05, 0) is 18.1 Å². The molecule has 0 atom stereocenters. The van der Waals surface area contributed by atoms with Crippen LogP contribution in [0.5, 0.6) is 0 Å². The van der Waals surface area contributed by atoms with Gasteiger partial charge in [0.2, 0.25) is 5.13 Å². The summed E-state index contributed by atoms with van der Waals surface area (Å²) in [6.45, 7) is 4.32. The van der Waals surface area contributed by atoms with Gasteiger partial charge < -0.3 is 0 Å². The highest BCUT2D eigenvalue weighted by atomic mass is 32.2. The Bertz CT molecular complexity index is 540. The lowest BCUT2D eigenvalue weighted by Crippen LogP contribution is -2.11. The van der Waals surface area contributed by atoms with Crippen LogP contribution in [0.2, 0.25) is 0 Å². The maximum Gasteiger partial charge on any atom is 0.257 e. The Hall–Kier alpha value is -1.40. The van der Waals surface area contributed by atoms with E-state index in [0.29, 0.717) is 16.6 Å². The Kier molecular flexibility index (Phi) is 4.93. The summed E-state index contributed by atoms with van der Waals surface area (Å²) in [6, 6.07) is 9.08. The quantitative estimate of drug-likeness (QED) is 0.676. The van der Waals surface area contributed by atoms with Crippen LogP contribution in [0.4, 0.5) is 5.13 Å². The topological polar surface area (TPSA) is 54.9 Å². The maximum absolute atomic E-state index is 11.9. The number of benzene rings is 1. The minimum Gasteiger partial charge on any atom is -0.296 e. The van der Waals surface area contributed by atoms with Crippen LogP contribution >= 0.6 is 23.1 Å². The van der Waals surface area contributed by atoms with Crippen molar-refractivity contribution in [3.63, 3.8) is 0 Å². The van der Waals surface area contributed by atoms with Gasteiger partial charge in [-0.25, -0.2) is 0 Å². The van der Waals surface area contributed by atoms with Gasteiger partial charge in [-0.2, -0.15) is 0 Å². The van der Waals surface area contributed by atoms with Crippen molar-refractivity contribution in [2.24, 2.45) is 5.92 Å². The fourth-order valence-electron chi connectivity index (χ4n) is 1.32. The molecule has 19 heavy (non-hydrogen) atoms. The molecule has 2 aromatic rings. The molecule has 1 aromatic carbocycles. The number of nitrogens with one attached hydrogen (secondary N) is 1. The molecular formula is C13H15N3OS2. The van der Waals surface area contributed by atoms with Gasteiger partial charge in [0.05, 0.1) is 0 Å². The Morgan fingerprint density at radius 3 is 2.74 bits per heavy atom. The third-order valence-corrected chi connectivity index (χ3v) is 4.60. The van der Waals surface area contributed by atoms with E-state index < -0.39 is 0 Å². The summed E-state index contributed by atoms with van der Waals surface area (Å²) in [5.41, 5.74) is 0.620. The van der Waals surface area contributed by atoms with Gasteiger partial charge in [-0.15, -0.1) is 10.2 Å². The van der Waals surface area contributed by atoms with Crippen molar-refractivity contribution < 1.29 is 4.79 Å². The molecule has 0 aliphatic heterocycles. The van der Waals surface area contributed by atoms with Crippen LogP contribution in [-0.4, -0.2) is 21.9 Å². The van der Waals surface area contributed by atoms with E-state index in [1.165, 1.54) is 11.3 Å². The molecule has 2 rings (SSSR count). The number of amides is 1. The van der Waals surface area contributed by atoms with Gasteiger partial charge in [0.15, 0.2) is 4.34 Å². The molecule has 0 aliphatic rings. The predicted octanol–water partition coefficient (Wildman–Crippen LogP) is 3.54. The Morgan fingerprint density at radius 2 is 2.05 bits per heavy atom. The highest BCUT2D eigenvalue weighted by molar-refractivity contribution is 8.01. The first kappa shape index (κ1) is 14.0. The first-order valence-corrected chi connectivity index (χ1v) is 7.78. The van der Waals surface area contributed by atoms with Crippen molar-refractivity contribution in [1.82, 2.24) is 10.2 Å². The summed E-state index contributed by atoms with van der Waals surface area (Å²) in [5, 5.41) is 11.3. The first-order chi connectivity index (χ1) is 9.15. The number of rotatable bonds is 5. The lowest BCUT2D eigenvalue weighted by Gasteiger charge is -2.00. The normalized spacial score (nSPS) is 10.7. The Labute approximate surface area is 120 Å². The van der Waals surface area contributed by atoms with E-state index in [-0.39, 0.29) is 5.91 Å². The summed E-state index contributed by atoms with van der Waals surface area (Å²) < 4.78 is 0.886. The molecule has 4 nitrogen and oxygen atoms in total. The first-order valence-electron chi connectivity index (χ1n) is 5.98. The minimum atomic E-state index is -0.155. The second-order valence-electron chi connectivity index (χ2n) is 4.40. The molecule has 0 fully saturated rings. The molecular weight excluding hydrogens is 278 g/mol. The molecule has 0 radical (unpaired) electrons. The molecule has 0 unspecified atom stereocenters. The molecule has 0 saturated heterocycles. The lowest BCUT2D eigenvalue weighted by molar-refractivity contribution is 0.102. The van der Waals surface area contributed by atoms with E-state index in [9.17, 15) is 4.79 Å². The third-order valence-electron chi connectivity index (χ3n) is 2.20. The molecule has 1 heterocycles. The Morgan fingerprint density at radius 1 is 1.32 bits per heavy atom. The van der Waals surface area contributed by atoms with E-state index in [1.807, 2.05) is 18.2 Å². The smallest absolute Gasteiger partial charge is 0.257 e. The van der Waals surface area contributed by atoms with Crippen LogP contribution < -0.4 is 5.32 Å². The standard InChI is InChI=1S/C13H15N3OS2/c1-9(2)8-18-13-16-15-12(19-13)14-11(17)10-6-4-3-5-7-10/h3-7,9H,8H2,1-2H3,(H,14,15,17). The number of nitrogens with zero attached hydrogens (tertiary/aromatic N) is 2. The van der Waals surface area contributed by atoms with Crippen LogP contribution in [-0.2, 0) is 0 Å². The lowest BCUT2D eigenvalue weighted by atomic mass is 10.2. The summed E-state index contributed by atoms with van der Waals surface area (Å²) in [7, 11) is 0. The van der Waals surface area contributed by atoms with Crippen molar-refractivity contribution >= 4 is 34.1 Å². The number of carbonyl (C=O) groups excluding carboxylic acids is 1. The van der Waals surface area contributed by atoms with Gasteiger partial charge >= 0.3 is 0 Å². The fourth-order valence-corrected chi connectivity index (χ4v) is 3.04. The maximum atomic E-state index is 11.9. The van der Waals surface area contributed by atoms with Crippen molar-refractivity contribution in [1.29, 1.82) is 0 Å². The van der Waals surface area contributed by atoms with Crippen LogP contribution in [0, 0.1) is 5.92 Å². The van der Waals surface area contributed by atoms with E-state index in [2.05, 4.69) is 29.4 Å². The van der Waals surface area contributed by atoms with Crippen molar-refractivity contribution in [3.05, 3.63) is 35.9 Å². The number of carbonyl (C=O) groups is 1. The number of anilines is 1. The molecule has 0 saturated carbocycles. The van der Waals surface area contributed by atoms with Crippen LogP contribution in [0.1, 0.15) is 24.2 Å². The summed E-state index contributed by atoms with van der Waals surface area (Å²) in [5.74, 6) is 1.45. The molecule has 0 bridgehead atoms. The SMILES string of the molecule is CC(C)CSc1nnc(NC(=O)c2ccccc2)s1. The number of thioether (sulfide) groups is 1. The third kappa shape index (κ3) is 4.33. The number of hydrogen-bond donors (Lipinski definition) is 1. The van der Waals surface area contributed by atoms with E-state index in [1.54, 1.807) is 23.9 Å².